The number of para-hydroxylation sites is 2. The molecule has 0 aliphatic carbocycles. The van der Waals surface area contributed by atoms with Gasteiger partial charge in [0.1, 0.15) is 22.3 Å². The molecule has 0 saturated carbocycles. The molecule has 4 heterocycles. The summed E-state index contributed by atoms with van der Waals surface area (Å²) in [6, 6.07) is 34.9. The fraction of sp³-hybridized carbons (Fsp3) is 0. The summed E-state index contributed by atoms with van der Waals surface area (Å²) in [5.74, 6) is 0.582. The number of benzene rings is 7. The van der Waals surface area contributed by atoms with E-state index in [0.717, 1.165) is 36.5 Å². The molecule has 0 spiro atoms. The fourth-order valence-electron chi connectivity index (χ4n) is 6.81. The van der Waals surface area contributed by atoms with Gasteiger partial charge in [0.25, 0.3) is 0 Å². The molecule has 0 fully saturated rings. The van der Waals surface area contributed by atoms with Crippen molar-refractivity contribution in [2.45, 2.75) is 0 Å². The molecule has 0 N–H and O–H groups in total. The van der Waals surface area contributed by atoms with Crippen LogP contribution >= 0.6 is 11.3 Å². The zero-order valence-electron chi connectivity index (χ0n) is 32.5. The maximum atomic E-state index is 9.53. The molecule has 51 heavy (non-hydrogen) atoms. The number of fused-ring (bicyclic) bond motifs is 9. The number of thiophene rings is 1. The largest absolute Gasteiger partial charge is 0.456 e. The van der Waals surface area contributed by atoms with Crippen molar-refractivity contribution in [1.29, 1.82) is 0 Å². The predicted molar refractivity (Wildman–Crippen MR) is 209 cm³/mol. The Morgan fingerprint density at radius 1 is 0.451 bits per heavy atom. The van der Waals surface area contributed by atoms with Crippen LogP contribution in [0.1, 0.15) is 8.22 Å². The Hall–Kier alpha value is -6.63. The van der Waals surface area contributed by atoms with Crippen molar-refractivity contribution < 1.29 is 17.1 Å². The summed E-state index contributed by atoms with van der Waals surface area (Å²) in [6.45, 7) is 0. The van der Waals surface area contributed by atoms with Crippen LogP contribution in [-0.2, 0) is 0 Å². The third-order valence-corrected chi connectivity index (χ3v) is 10.4. The van der Waals surface area contributed by atoms with E-state index in [4.69, 9.17) is 27.9 Å². The maximum Gasteiger partial charge on any atom is 0.164 e. The minimum absolute atomic E-state index is 0.00196. The van der Waals surface area contributed by atoms with Crippen LogP contribution in [0.3, 0.4) is 0 Å². The van der Waals surface area contributed by atoms with Gasteiger partial charge in [-0.2, -0.15) is 0 Å². The van der Waals surface area contributed by atoms with Crippen molar-refractivity contribution in [3.63, 3.8) is 0 Å². The first-order valence-electron chi connectivity index (χ1n) is 19.4. The normalized spacial score (nSPS) is 13.6. The first-order valence-corrected chi connectivity index (χ1v) is 17.2. The SMILES string of the molecule is [2H]c1c([2H])c([2H])c2c(oc3c([2H])c(-c4nc(-c5ccccc5)nc(-c5ccc6c(c5)oc5ccccc56)n4)c([2H])c([2H])c32)c1-c1ccc2sc3ccccc3c2c1. The third kappa shape index (κ3) is 4.50. The van der Waals surface area contributed by atoms with Crippen LogP contribution in [0.15, 0.2) is 160 Å². The van der Waals surface area contributed by atoms with E-state index >= 15 is 0 Å². The van der Waals surface area contributed by atoms with E-state index < -0.39 is 0 Å². The van der Waals surface area contributed by atoms with Crippen molar-refractivity contribution in [1.82, 2.24) is 15.0 Å². The summed E-state index contributed by atoms with van der Waals surface area (Å²) in [7, 11) is 0. The maximum absolute atomic E-state index is 9.53. The smallest absolute Gasteiger partial charge is 0.164 e. The molecular formula is C45H25N3O2S. The highest BCUT2D eigenvalue weighted by atomic mass is 32.1. The summed E-state index contributed by atoms with van der Waals surface area (Å²) < 4.78 is 69.9. The minimum atomic E-state index is -0.340. The Morgan fingerprint density at radius 2 is 1.18 bits per heavy atom. The van der Waals surface area contributed by atoms with Crippen LogP contribution in [-0.4, -0.2) is 15.0 Å². The molecule has 0 saturated heterocycles. The summed E-state index contributed by atoms with van der Waals surface area (Å²) in [4.78, 5) is 14.4. The lowest BCUT2D eigenvalue weighted by Gasteiger charge is -2.08. The molecule has 5 nitrogen and oxygen atoms in total. The first-order chi connectivity index (χ1) is 27.7. The molecule has 0 amide bonds. The summed E-state index contributed by atoms with van der Waals surface area (Å²) >= 11 is 1.66. The van der Waals surface area contributed by atoms with Crippen LogP contribution in [0.25, 0.3) is 109 Å². The van der Waals surface area contributed by atoms with E-state index in [0.29, 0.717) is 28.1 Å². The fourth-order valence-corrected chi connectivity index (χ4v) is 7.90. The van der Waals surface area contributed by atoms with Gasteiger partial charge in [-0.05, 0) is 54.0 Å². The van der Waals surface area contributed by atoms with Gasteiger partial charge in [0.2, 0.25) is 0 Å². The molecule has 238 valence electrons. The molecule has 11 aromatic rings. The quantitative estimate of drug-likeness (QED) is 0.185. The lowest BCUT2D eigenvalue weighted by atomic mass is 10.00. The summed E-state index contributed by atoms with van der Waals surface area (Å²) in [5, 5.41) is 4.12. The number of hydrogen-bond donors (Lipinski definition) is 0. The lowest BCUT2D eigenvalue weighted by molar-refractivity contribution is 0.669. The van der Waals surface area contributed by atoms with Crippen molar-refractivity contribution in [3.8, 4) is 45.3 Å². The lowest BCUT2D eigenvalue weighted by Crippen LogP contribution is -2.00. The van der Waals surface area contributed by atoms with Crippen molar-refractivity contribution in [2.75, 3.05) is 0 Å². The van der Waals surface area contributed by atoms with Crippen LogP contribution in [0.2, 0.25) is 0 Å². The average molecular weight is 678 g/mol. The Kier molecular flexibility index (Phi) is 4.91. The molecule has 0 bridgehead atoms. The zero-order valence-corrected chi connectivity index (χ0v) is 27.4. The number of furan rings is 2. The molecule has 11 rings (SSSR count). The van der Waals surface area contributed by atoms with Gasteiger partial charge in [0, 0.05) is 64.0 Å². The van der Waals surface area contributed by atoms with Gasteiger partial charge in [-0.1, -0.05) is 103 Å². The van der Waals surface area contributed by atoms with Gasteiger partial charge in [-0.15, -0.1) is 11.3 Å². The Labute approximate surface area is 303 Å². The highest BCUT2D eigenvalue weighted by Gasteiger charge is 2.18. The van der Waals surface area contributed by atoms with E-state index in [1.165, 1.54) is 0 Å². The summed E-state index contributed by atoms with van der Waals surface area (Å²) in [6.07, 6.45) is 0. The predicted octanol–water partition coefficient (Wildman–Crippen LogP) is 12.7. The Morgan fingerprint density at radius 3 is 2.08 bits per heavy atom. The summed E-state index contributed by atoms with van der Waals surface area (Å²) in [5.41, 5.74) is 3.59. The van der Waals surface area contributed by atoms with Crippen molar-refractivity contribution >= 4 is 75.4 Å². The van der Waals surface area contributed by atoms with Gasteiger partial charge < -0.3 is 8.83 Å². The highest BCUT2D eigenvalue weighted by Crippen LogP contribution is 2.41. The zero-order chi connectivity index (χ0) is 38.7. The monoisotopic (exact) mass is 677 g/mol. The standard InChI is InChI=1S/C45H25N3O2S/c1-2-9-26(10-3-1)43-46-44(28-17-20-32-31-11-4-6-15-37(31)49-38(32)24-28)48-45(47-43)29-18-21-33-35-14-8-13-30(42(35)50-39(33)25-29)27-19-22-41-36(23-27)34-12-5-7-16-40(34)51-41/h1-25H/i8D,13D,14D,18D,21D,25D. The molecular weight excluding hydrogens is 647 g/mol. The number of aromatic nitrogens is 3. The topological polar surface area (TPSA) is 65.0 Å². The number of hydrogen-bond acceptors (Lipinski definition) is 6. The highest BCUT2D eigenvalue weighted by molar-refractivity contribution is 7.25. The molecule has 4 aromatic heterocycles. The van der Waals surface area contributed by atoms with Crippen LogP contribution < -0.4 is 0 Å². The van der Waals surface area contributed by atoms with E-state index in [9.17, 15) is 4.11 Å². The van der Waals surface area contributed by atoms with Crippen LogP contribution in [0.4, 0.5) is 0 Å². The molecule has 0 unspecified atom stereocenters. The van der Waals surface area contributed by atoms with Gasteiger partial charge in [-0.3, -0.25) is 0 Å². The van der Waals surface area contributed by atoms with Gasteiger partial charge in [0.05, 0.1) is 8.22 Å². The second kappa shape index (κ2) is 10.9. The van der Waals surface area contributed by atoms with E-state index in [1.807, 2.05) is 109 Å². The van der Waals surface area contributed by atoms with Gasteiger partial charge in [0.15, 0.2) is 17.5 Å². The third-order valence-electron chi connectivity index (χ3n) is 9.25. The number of rotatable bonds is 4. The van der Waals surface area contributed by atoms with E-state index in [-0.39, 0.29) is 81.0 Å². The van der Waals surface area contributed by atoms with Crippen LogP contribution in [0, 0.1) is 0 Å². The molecule has 0 radical (unpaired) electrons. The molecule has 0 aliphatic rings. The van der Waals surface area contributed by atoms with E-state index in [1.54, 1.807) is 11.3 Å². The van der Waals surface area contributed by atoms with Crippen molar-refractivity contribution in [2.24, 2.45) is 0 Å². The second-order valence-electron chi connectivity index (χ2n) is 12.3. The minimum Gasteiger partial charge on any atom is -0.456 e. The van der Waals surface area contributed by atoms with Crippen molar-refractivity contribution in [3.05, 3.63) is 152 Å². The second-order valence-corrected chi connectivity index (χ2v) is 13.4. The number of nitrogens with zero attached hydrogens (tertiary/aromatic N) is 3. The molecule has 0 aliphatic heterocycles. The average Bonchev–Trinajstić information content (AvgIpc) is 3.94. The van der Waals surface area contributed by atoms with E-state index in [2.05, 4.69) is 6.07 Å². The molecule has 7 aromatic carbocycles. The Balaban J connectivity index is 1.16. The van der Waals surface area contributed by atoms with Gasteiger partial charge >= 0.3 is 0 Å². The van der Waals surface area contributed by atoms with Crippen LogP contribution in [0.5, 0.6) is 0 Å². The Bertz CT molecular complexity index is 3510. The first kappa shape index (κ1) is 22.9. The van der Waals surface area contributed by atoms with Gasteiger partial charge in [-0.25, -0.2) is 15.0 Å². The molecule has 6 heteroatoms. The molecule has 0 atom stereocenters.